The van der Waals surface area contributed by atoms with Crippen molar-refractivity contribution in [1.29, 1.82) is 0 Å². The third kappa shape index (κ3) is 4.70. The van der Waals surface area contributed by atoms with Crippen LogP contribution in [0.3, 0.4) is 0 Å². The third-order valence-electron chi connectivity index (χ3n) is 4.95. The molecule has 0 aliphatic carbocycles. The highest BCUT2D eigenvalue weighted by Crippen LogP contribution is 2.30. The molecule has 4 aromatic rings. The maximum atomic E-state index is 13.8. The van der Waals surface area contributed by atoms with Gasteiger partial charge in [-0.3, -0.25) is 14.3 Å². The molecule has 4 rings (SSSR count). The number of benzene rings is 2. The molecule has 0 spiro atoms. The minimum Gasteiger partial charge on any atom is -0.325 e. The first kappa shape index (κ1) is 21.7. The Morgan fingerprint density at radius 1 is 1.03 bits per heavy atom. The average Bonchev–Trinajstić information content (AvgIpc) is 3.21. The summed E-state index contributed by atoms with van der Waals surface area (Å²) in [6.07, 6.45) is 3.40. The molecule has 2 aromatic heterocycles. The Morgan fingerprint density at radius 3 is 2.44 bits per heavy atom. The molecule has 2 heterocycles. The van der Waals surface area contributed by atoms with Gasteiger partial charge in [0.15, 0.2) is 11.0 Å². The topological polar surface area (TPSA) is 72.7 Å². The zero-order valence-electron chi connectivity index (χ0n) is 17.9. The predicted molar refractivity (Wildman–Crippen MR) is 124 cm³/mol. The van der Waals surface area contributed by atoms with Crippen molar-refractivity contribution in [3.63, 3.8) is 0 Å². The molecule has 1 atom stereocenters. The second-order valence-electron chi connectivity index (χ2n) is 7.43. The average molecular weight is 448 g/mol. The number of anilines is 1. The molecule has 6 nitrogen and oxygen atoms in total. The van der Waals surface area contributed by atoms with E-state index in [0.717, 1.165) is 16.8 Å². The molecule has 0 radical (unpaired) electrons. The summed E-state index contributed by atoms with van der Waals surface area (Å²) in [5, 5.41) is 11.6. The highest BCUT2D eigenvalue weighted by Gasteiger charge is 2.22. The summed E-state index contributed by atoms with van der Waals surface area (Å²) in [5.41, 5.74) is 3.85. The van der Waals surface area contributed by atoms with Crippen LogP contribution < -0.4 is 5.32 Å². The monoisotopic (exact) mass is 447 g/mol. The molecule has 0 bridgehead atoms. The van der Waals surface area contributed by atoms with Gasteiger partial charge in [0.25, 0.3) is 0 Å². The molecule has 162 valence electrons. The summed E-state index contributed by atoms with van der Waals surface area (Å²) in [7, 11) is 0. The van der Waals surface area contributed by atoms with E-state index in [0.29, 0.717) is 22.2 Å². The molecule has 0 fully saturated rings. The molecule has 0 aliphatic rings. The molecule has 1 amide bonds. The zero-order valence-corrected chi connectivity index (χ0v) is 18.7. The number of pyridine rings is 1. The van der Waals surface area contributed by atoms with Crippen molar-refractivity contribution in [3.8, 4) is 17.1 Å². The first-order valence-corrected chi connectivity index (χ1v) is 11.0. The van der Waals surface area contributed by atoms with Gasteiger partial charge in [0.05, 0.1) is 5.25 Å². The number of carbonyl (C=O) groups is 1. The van der Waals surface area contributed by atoms with Crippen LogP contribution in [-0.4, -0.2) is 30.9 Å². The number of carbonyl (C=O) groups excluding carboxylic acids is 1. The van der Waals surface area contributed by atoms with Crippen LogP contribution in [0.15, 0.2) is 72.1 Å². The van der Waals surface area contributed by atoms with Crippen LogP contribution in [0.1, 0.15) is 18.1 Å². The van der Waals surface area contributed by atoms with Crippen LogP contribution in [0, 0.1) is 19.7 Å². The van der Waals surface area contributed by atoms with Crippen molar-refractivity contribution in [2.24, 2.45) is 0 Å². The Hall–Kier alpha value is -3.52. The van der Waals surface area contributed by atoms with Crippen molar-refractivity contribution >= 4 is 23.4 Å². The molecule has 1 unspecified atom stereocenters. The minimum atomic E-state index is -0.488. The maximum Gasteiger partial charge on any atom is 0.237 e. The third-order valence-corrected chi connectivity index (χ3v) is 6.00. The number of hydrogen-bond donors (Lipinski definition) is 1. The Balaban J connectivity index is 1.62. The number of halogens is 1. The Morgan fingerprint density at radius 2 is 1.75 bits per heavy atom. The molecular weight excluding hydrogens is 425 g/mol. The van der Waals surface area contributed by atoms with Gasteiger partial charge in [-0.2, -0.15) is 0 Å². The summed E-state index contributed by atoms with van der Waals surface area (Å²) in [6.45, 7) is 5.48. The number of thioether (sulfide) groups is 1. The van der Waals surface area contributed by atoms with E-state index in [9.17, 15) is 9.18 Å². The smallest absolute Gasteiger partial charge is 0.237 e. The van der Waals surface area contributed by atoms with Gasteiger partial charge in [-0.05, 0) is 62.7 Å². The standard InChI is InChI=1S/C24H22FN5OS/c1-15-4-8-20(9-5-15)30-22(18-10-12-26-13-11-18)28-29-24(30)32-17(3)23(31)27-19-7-6-16(2)21(25)14-19/h4-14,17H,1-3H3,(H,27,31). The van der Waals surface area contributed by atoms with E-state index in [1.165, 1.54) is 17.8 Å². The van der Waals surface area contributed by atoms with Crippen molar-refractivity contribution < 1.29 is 9.18 Å². The molecule has 0 saturated carbocycles. The van der Waals surface area contributed by atoms with Gasteiger partial charge in [-0.15, -0.1) is 10.2 Å². The largest absolute Gasteiger partial charge is 0.325 e. The number of nitrogens with zero attached hydrogens (tertiary/aromatic N) is 4. The number of aromatic nitrogens is 4. The first-order valence-electron chi connectivity index (χ1n) is 10.1. The van der Waals surface area contributed by atoms with Crippen LogP contribution in [0.5, 0.6) is 0 Å². The highest BCUT2D eigenvalue weighted by atomic mass is 32.2. The summed E-state index contributed by atoms with van der Waals surface area (Å²) in [4.78, 5) is 16.8. The van der Waals surface area contributed by atoms with E-state index < -0.39 is 5.25 Å². The normalized spacial score (nSPS) is 11.9. The van der Waals surface area contributed by atoms with Crippen molar-refractivity contribution in [1.82, 2.24) is 19.7 Å². The molecule has 32 heavy (non-hydrogen) atoms. The highest BCUT2D eigenvalue weighted by molar-refractivity contribution is 8.00. The summed E-state index contributed by atoms with van der Waals surface area (Å²) >= 11 is 1.29. The van der Waals surface area contributed by atoms with Gasteiger partial charge < -0.3 is 5.32 Å². The maximum absolute atomic E-state index is 13.8. The summed E-state index contributed by atoms with van der Waals surface area (Å²) in [6, 6.07) is 16.4. The van der Waals surface area contributed by atoms with Gasteiger partial charge in [-0.25, -0.2) is 4.39 Å². The van der Waals surface area contributed by atoms with Gasteiger partial charge >= 0.3 is 0 Å². The van der Waals surface area contributed by atoms with E-state index >= 15 is 0 Å². The van der Waals surface area contributed by atoms with Gasteiger partial charge in [0.2, 0.25) is 5.91 Å². The number of hydrogen-bond acceptors (Lipinski definition) is 5. The lowest BCUT2D eigenvalue weighted by Gasteiger charge is -2.14. The van der Waals surface area contributed by atoms with Crippen LogP contribution in [0.25, 0.3) is 17.1 Å². The summed E-state index contributed by atoms with van der Waals surface area (Å²) < 4.78 is 15.8. The first-order chi connectivity index (χ1) is 15.4. The lowest BCUT2D eigenvalue weighted by molar-refractivity contribution is -0.115. The minimum absolute atomic E-state index is 0.248. The fourth-order valence-corrected chi connectivity index (χ4v) is 3.95. The van der Waals surface area contributed by atoms with Crippen molar-refractivity contribution in [2.75, 3.05) is 5.32 Å². The number of aryl methyl sites for hydroxylation is 2. The van der Waals surface area contributed by atoms with Crippen LogP contribution in [0.2, 0.25) is 0 Å². The summed E-state index contributed by atoms with van der Waals surface area (Å²) in [5.74, 6) is 0.0540. The van der Waals surface area contributed by atoms with Gasteiger partial charge in [0.1, 0.15) is 5.82 Å². The van der Waals surface area contributed by atoms with E-state index in [1.54, 1.807) is 38.4 Å². The van der Waals surface area contributed by atoms with E-state index in [2.05, 4.69) is 20.5 Å². The molecule has 2 aromatic carbocycles. The predicted octanol–water partition coefficient (Wildman–Crippen LogP) is 5.20. The van der Waals surface area contributed by atoms with Crippen molar-refractivity contribution in [3.05, 3.63) is 83.9 Å². The van der Waals surface area contributed by atoms with Crippen LogP contribution in [-0.2, 0) is 4.79 Å². The van der Waals surface area contributed by atoms with Gasteiger partial charge in [0, 0.05) is 29.3 Å². The quantitative estimate of drug-likeness (QED) is 0.411. The zero-order chi connectivity index (χ0) is 22.7. The Bertz CT molecular complexity index is 1240. The SMILES string of the molecule is Cc1ccc(-n2c(SC(C)C(=O)Nc3ccc(C)c(F)c3)nnc2-c2ccncc2)cc1. The lowest BCUT2D eigenvalue weighted by atomic mass is 10.2. The fourth-order valence-electron chi connectivity index (χ4n) is 3.09. The van der Waals surface area contributed by atoms with E-state index in [-0.39, 0.29) is 11.7 Å². The van der Waals surface area contributed by atoms with Crippen LogP contribution >= 0.6 is 11.8 Å². The Labute approximate surface area is 189 Å². The van der Waals surface area contributed by atoms with Crippen LogP contribution in [0.4, 0.5) is 10.1 Å². The molecule has 1 N–H and O–H groups in total. The number of rotatable bonds is 6. The molecule has 0 saturated heterocycles. The Kier molecular flexibility index (Phi) is 6.32. The second-order valence-corrected chi connectivity index (χ2v) is 8.73. The number of amides is 1. The molecule has 8 heteroatoms. The number of nitrogens with one attached hydrogen (secondary N) is 1. The van der Waals surface area contributed by atoms with E-state index in [1.807, 2.05) is 47.9 Å². The lowest BCUT2D eigenvalue weighted by Crippen LogP contribution is -2.23. The fraction of sp³-hybridized carbons (Fsp3) is 0.167. The van der Waals surface area contributed by atoms with Gasteiger partial charge in [-0.1, -0.05) is 35.5 Å². The van der Waals surface area contributed by atoms with Crippen molar-refractivity contribution in [2.45, 2.75) is 31.2 Å². The molecule has 0 aliphatic heterocycles. The van der Waals surface area contributed by atoms with E-state index in [4.69, 9.17) is 0 Å². The second kappa shape index (κ2) is 9.32. The molecular formula is C24H22FN5OS.